The Morgan fingerprint density at radius 3 is 2.63 bits per heavy atom. The van der Waals surface area contributed by atoms with Crippen LogP contribution < -0.4 is 25.6 Å². The van der Waals surface area contributed by atoms with Crippen molar-refractivity contribution in [3.8, 4) is 17.3 Å². The fourth-order valence-corrected chi connectivity index (χ4v) is 6.28. The van der Waals surface area contributed by atoms with Gasteiger partial charge < -0.3 is 25.1 Å². The van der Waals surface area contributed by atoms with Gasteiger partial charge >= 0.3 is 4.87 Å². The Bertz CT molecular complexity index is 1820. The van der Waals surface area contributed by atoms with Crippen molar-refractivity contribution in [2.24, 2.45) is 0 Å². The zero-order chi connectivity index (χ0) is 29.0. The van der Waals surface area contributed by atoms with Gasteiger partial charge in [0.25, 0.3) is 0 Å². The number of alkyl halides is 1. The minimum atomic E-state index is -1.26. The van der Waals surface area contributed by atoms with Gasteiger partial charge in [0.2, 0.25) is 11.8 Å². The number of hydrogen-bond acceptors (Lipinski definition) is 11. The van der Waals surface area contributed by atoms with Crippen LogP contribution in [0.15, 0.2) is 39.7 Å². The molecule has 43 heavy (non-hydrogen) atoms. The molecule has 0 unspecified atom stereocenters. The zero-order valence-electron chi connectivity index (χ0n) is 22.6. The molecule has 0 aliphatic carbocycles. The molecule has 2 aliphatic rings. The molecular weight excluding hydrogens is 611 g/mol. The predicted octanol–water partition coefficient (Wildman–Crippen LogP) is 2.55. The van der Waals surface area contributed by atoms with Crippen LogP contribution in [0.4, 0.5) is 24.8 Å². The Morgan fingerprint density at radius 2 is 1.91 bits per heavy atom. The molecule has 0 bridgehead atoms. The molecule has 0 amide bonds. The van der Waals surface area contributed by atoms with Crippen molar-refractivity contribution in [1.29, 1.82) is 0 Å². The number of aromatic nitrogens is 5. The number of rotatable bonds is 7. The molecule has 6 heterocycles. The fourth-order valence-electron chi connectivity index (χ4n) is 5.34. The highest BCUT2D eigenvalue weighted by molar-refractivity contribution is 7.17. The fraction of sp³-hybridized carbons (Fsp3) is 0.385. The lowest BCUT2D eigenvalue weighted by atomic mass is 10.2. The lowest BCUT2D eigenvalue weighted by molar-refractivity contribution is 0.134. The first-order valence-electron chi connectivity index (χ1n) is 13.4. The van der Waals surface area contributed by atoms with Crippen LogP contribution in [0.3, 0.4) is 0 Å². The van der Waals surface area contributed by atoms with E-state index < -0.39 is 23.9 Å². The van der Waals surface area contributed by atoms with Crippen LogP contribution in [0.25, 0.3) is 27.6 Å². The van der Waals surface area contributed by atoms with E-state index in [4.69, 9.17) is 14.9 Å². The van der Waals surface area contributed by atoms with E-state index in [0.717, 1.165) is 17.4 Å². The van der Waals surface area contributed by atoms with E-state index >= 15 is 0 Å². The molecule has 12 nitrogen and oxygen atoms in total. The van der Waals surface area contributed by atoms with Gasteiger partial charge in [0.05, 0.1) is 12.0 Å². The number of halogens is 4. The van der Waals surface area contributed by atoms with E-state index in [1.54, 1.807) is 16.7 Å². The summed E-state index contributed by atoms with van der Waals surface area (Å²) in [6, 6.07) is 5.55. The second-order valence-electron chi connectivity index (χ2n) is 10.2. The smallest absolute Gasteiger partial charge is 0.309 e. The molecule has 1 aromatic carbocycles. The number of ether oxygens (including phenoxy) is 1. The third-order valence-electron chi connectivity index (χ3n) is 7.58. The minimum Gasteiger partial charge on any atom is -0.483 e. The molecule has 2 fully saturated rings. The molecule has 0 saturated carbocycles. The maximum absolute atomic E-state index is 14.7. The molecule has 2 saturated heterocycles. The second kappa shape index (κ2) is 11.7. The van der Waals surface area contributed by atoms with Crippen LogP contribution in [0, 0.1) is 11.6 Å². The van der Waals surface area contributed by atoms with Crippen molar-refractivity contribution in [3.63, 3.8) is 0 Å². The maximum atomic E-state index is 14.7. The van der Waals surface area contributed by atoms with Gasteiger partial charge in [-0.05, 0) is 12.1 Å². The SMILES string of the molecule is Cl.Nc1nc2c(sc(=O)n2CCN2CCN(c3cc(O[C@@H]4CNC[C@@H]4F)c(F)cc3F)CC2)c2nc(-c3ccco3)nn12. The van der Waals surface area contributed by atoms with E-state index in [9.17, 15) is 18.0 Å². The molecule has 5 aromatic rings. The summed E-state index contributed by atoms with van der Waals surface area (Å²) in [5.41, 5.74) is 7.23. The van der Waals surface area contributed by atoms with Gasteiger partial charge in [-0.2, -0.15) is 9.50 Å². The molecule has 3 N–H and O–H groups in total. The Kier molecular flexibility index (Phi) is 7.93. The summed E-state index contributed by atoms with van der Waals surface area (Å²) in [5, 5.41) is 7.23. The minimum absolute atomic E-state index is 0. The molecular formula is C26H27ClF3N9O3S. The number of furan rings is 1. The average molecular weight is 638 g/mol. The van der Waals surface area contributed by atoms with Crippen molar-refractivity contribution < 1.29 is 22.3 Å². The Hall–Kier alpha value is -3.86. The molecule has 4 aromatic heterocycles. The number of nitrogens with one attached hydrogen (secondary N) is 1. The van der Waals surface area contributed by atoms with Crippen molar-refractivity contribution in [2.45, 2.75) is 18.8 Å². The first kappa shape index (κ1) is 29.2. The third-order valence-corrected chi connectivity index (χ3v) is 8.54. The Morgan fingerprint density at radius 1 is 1.09 bits per heavy atom. The first-order valence-corrected chi connectivity index (χ1v) is 14.2. The number of nitrogens with two attached hydrogens (primary N) is 1. The van der Waals surface area contributed by atoms with Crippen LogP contribution >= 0.6 is 23.7 Å². The molecule has 17 heteroatoms. The Labute approximate surface area is 252 Å². The number of thiazole rings is 1. The maximum Gasteiger partial charge on any atom is 0.309 e. The highest BCUT2D eigenvalue weighted by Gasteiger charge is 2.30. The summed E-state index contributed by atoms with van der Waals surface area (Å²) >= 11 is 1.02. The van der Waals surface area contributed by atoms with Crippen LogP contribution in [-0.4, -0.2) is 87.1 Å². The van der Waals surface area contributed by atoms with Gasteiger partial charge in [-0.3, -0.25) is 14.3 Å². The summed E-state index contributed by atoms with van der Waals surface area (Å²) in [4.78, 5) is 25.7. The first-order chi connectivity index (χ1) is 20.4. The Balaban J connectivity index is 0.00000329. The average Bonchev–Trinajstić information content (AvgIpc) is 3.77. The summed E-state index contributed by atoms with van der Waals surface area (Å²) in [6.07, 6.45) is -0.566. The number of nitrogen functional groups attached to an aromatic ring is 1. The number of benzene rings is 1. The van der Waals surface area contributed by atoms with E-state index in [1.807, 2.05) is 4.90 Å². The van der Waals surface area contributed by atoms with Crippen molar-refractivity contribution in [2.75, 3.05) is 56.4 Å². The summed E-state index contributed by atoms with van der Waals surface area (Å²) in [7, 11) is 0. The number of piperazine rings is 1. The molecule has 2 atom stereocenters. The van der Waals surface area contributed by atoms with E-state index in [0.29, 0.717) is 66.8 Å². The number of fused-ring (bicyclic) bond motifs is 3. The highest BCUT2D eigenvalue weighted by Crippen LogP contribution is 2.31. The van der Waals surface area contributed by atoms with Gasteiger partial charge in [0, 0.05) is 64.5 Å². The topological polar surface area (TPSA) is 132 Å². The van der Waals surface area contributed by atoms with E-state index in [2.05, 4.69) is 25.3 Å². The largest absolute Gasteiger partial charge is 0.483 e. The standard InChI is InChI=1S/C26H26F3N9O3S.ClH/c27-14-10-15(28)19(41-20-13-31-12-16(20)29)11-17(14)36-6-3-35(4-7-36)5-8-37-23-21(42-26(37)39)24-32-22(18-2-1-9-40-18)34-38(24)25(30)33-23;/h1-2,9-11,16,20,31H,3-8,12-13H2,(H2,30,33);1H/t16-,20+;/m0./s1. The predicted molar refractivity (Wildman–Crippen MR) is 157 cm³/mol. The lowest BCUT2D eigenvalue weighted by Crippen LogP contribution is -2.47. The molecule has 0 spiro atoms. The second-order valence-corrected chi connectivity index (χ2v) is 11.1. The normalized spacial score (nSPS) is 19.4. The van der Waals surface area contributed by atoms with Crippen molar-refractivity contribution >= 4 is 51.4 Å². The molecule has 0 radical (unpaired) electrons. The lowest BCUT2D eigenvalue weighted by Gasteiger charge is -2.36. The third kappa shape index (κ3) is 5.39. The van der Waals surface area contributed by atoms with Gasteiger partial charge in [-0.15, -0.1) is 17.5 Å². The van der Waals surface area contributed by atoms with Crippen molar-refractivity contribution in [3.05, 3.63) is 51.8 Å². The van der Waals surface area contributed by atoms with Crippen LogP contribution in [-0.2, 0) is 6.54 Å². The number of nitrogens with zero attached hydrogens (tertiary/aromatic N) is 7. The number of anilines is 2. The highest BCUT2D eigenvalue weighted by atomic mass is 35.5. The monoisotopic (exact) mass is 637 g/mol. The summed E-state index contributed by atoms with van der Waals surface area (Å²) < 4.78 is 57.6. The van der Waals surface area contributed by atoms with Gasteiger partial charge in [-0.25, -0.2) is 18.2 Å². The zero-order valence-corrected chi connectivity index (χ0v) is 24.2. The molecule has 228 valence electrons. The van der Waals surface area contributed by atoms with Gasteiger partial charge in [-0.1, -0.05) is 11.3 Å². The summed E-state index contributed by atoms with van der Waals surface area (Å²) in [5.74, 6) is -0.829. The quantitative estimate of drug-likeness (QED) is 0.274. The van der Waals surface area contributed by atoms with Gasteiger partial charge in [0.15, 0.2) is 34.8 Å². The van der Waals surface area contributed by atoms with E-state index in [1.165, 1.54) is 16.8 Å². The van der Waals surface area contributed by atoms with Crippen LogP contribution in [0.1, 0.15) is 0 Å². The summed E-state index contributed by atoms with van der Waals surface area (Å²) in [6.45, 7) is 3.41. The number of hydrogen-bond donors (Lipinski definition) is 2. The van der Waals surface area contributed by atoms with Crippen LogP contribution in [0.2, 0.25) is 0 Å². The van der Waals surface area contributed by atoms with E-state index in [-0.39, 0.29) is 47.8 Å². The molecule has 7 rings (SSSR count). The van der Waals surface area contributed by atoms with Crippen LogP contribution in [0.5, 0.6) is 5.75 Å². The molecule has 2 aliphatic heterocycles. The van der Waals surface area contributed by atoms with Gasteiger partial charge in [0.1, 0.15) is 16.6 Å². The van der Waals surface area contributed by atoms with Crippen molar-refractivity contribution in [1.82, 2.24) is 34.4 Å².